The zero-order valence-electron chi connectivity index (χ0n) is 15.1. The highest BCUT2D eigenvalue weighted by Crippen LogP contribution is 2.16. The molecule has 26 heavy (non-hydrogen) atoms. The number of hydrogen-bond acceptors (Lipinski definition) is 6. The third-order valence-electron chi connectivity index (χ3n) is 4.56. The van der Waals surface area contributed by atoms with E-state index < -0.39 is 0 Å². The van der Waals surface area contributed by atoms with Crippen LogP contribution in [0, 0.1) is 0 Å². The van der Waals surface area contributed by atoms with Gasteiger partial charge in [-0.05, 0) is 25.6 Å². The number of benzene rings is 1. The van der Waals surface area contributed by atoms with Gasteiger partial charge in [0.1, 0.15) is 17.8 Å². The van der Waals surface area contributed by atoms with Crippen molar-refractivity contribution in [1.82, 2.24) is 14.9 Å². The lowest BCUT2D eigenvalue weighted by molar-refractivity contribution is 0.100. The van der Waals surface area contributed by atoms with Crippen LogP contribution in [0.4, 0.5) is 11.5 Å². The number of aromatic nitrogens is 2. The Morgan fingerprint density at radius 1 is 1.12 bits per heavy atom. The van der Waals surface area contributed by atoms with Gasteiger partial charge in [-0.15, -0.1) is 0 Å². The Morgan fingerprint density at radius 2 is 1.88 bits per heavy atom. The predicted octanol–water partition coefficient (Wildman–Crippen LogP) is 2.07. The van der Waals surface area contributed by atoms with Gasteiger partial charge in [0.2, 0.25) is 0 Å². The minimum absolute atomic E-state index is 0.0448. The molecular formula is C19H23N5O2. The number of likely N-dealkylation sites (N-methyl/N-ethyl adjacent to an activating group) is 1. The first-order valence-corrected chi connectivity index (χ1v) is 8.78. The summed E-state index contributed by atoms with van der Waals surface area (Å²) in [6, 6.07) is 8.58. The van der Waals surface area contributed by atoms with Crippen LogP contribution < -0.4 is 10.2 Å². The number of ketones is 1. The third kappa shape index (κ3) is 4.23. The topological polar surface area (TPSA) is 78.4 Å². The lowest BCUT2D eigenvalue weighted by Crippen LogP contribution is -2.46. The molecule has 1 aromatic heterocycles. The number of anilines is 2. The molecule has 3 rings (SSSR count). The van der Waals surface area contributed by atoms with Crippen molar-refractivity contribution in [2.45, 2.75) is 13.8 Å². The van der Waals surface area contributed by atoms with Gasteiger partial charge in [-0.1, -0.05) is 19.1 Å². The summed E-state index contributed by atoms with van der Waals surface area (Å²) in [7, 11) is 0. The van der Waals surface area contributed by atoms with Gasteiger partial charge < -0.3 is 15.1 Å². The van der Waals surface area contributed by atoms with Gasteiger partial charge in [-0.25, -0.2) is 9.97 Å². The van der Waals surface area contributed by atoms with E-state index in [2.05, 4.69) is 32.0 Å². The van der Waals surface area contributed by atoms with Crippen molar-refractivity contribution in [2.24, 2.45) is 0 Å². The minimum atomic E-state index is -0.318. The molecule has 0 spiro atoms. The molecule has 2 aromatic rings. The lowest BCUT2D eigenvalue weighted by Gasteiger charge is -2.34. The average Bonchev–Trinajstić information content (AvgIpc) is 2.68. The van der Waals surface area contributed by atoms with Crippen LogP contribution in [0.5, 0.6) is 0 Å². The van der Waals surface area contributed by atoms with Crippen LogP contribution in [-0.2, 0) is 0 Å². The van der Waals surface area contributed by atoms with Gasteiger partial charge in [0.05, 0.1) is 0 Å². The molecule has 1 aliphatic heterocycles. The molecule has 0 unspecified atom stereocenters. The number of nitrogens with zero attached hydrogens (tertiary/aromatic N) is 4. The van der Waals surface area contributed by atoms with Crippen molar-refractivity contribution in [3.05, 3.63) is 47.9 Å². The van der Waals surface area contributed by atoms with Crippen molar-refractivity contribution in [2.75, 3.05) is 42.9 Å². The lowest BCUT2D eigenvalue weighted by atomic mass is 10.1. The molecule has 1 aromatic carbocycles. The number of carbonyl (C=O) groups is 2. The fourth-order valence-corrected chi connectivity index (χ4v) is 2.95. The monoisotopic (exact) mass is 353 g/mol. The minimum Gasteiger partial charge on any atom is -0.354 e. The number of hydrogen-bond donors (Lipinski definition) is 1. The van der Waals surface area contributed by atoms with Crippen molar-refractivity contribution >= 4 is 23.2 Å². The second kappa shape index (κ2) is 8.05. The van der Waals surface area contributed by atoms with Crippen LogP contribution in [0.25, 0.3) is 0 Å². The van der Waals surface area contributed by atoms with E-state index in [0.29, 0.717) is 16.9 Å². The highest BCUT2D eigenvalue weighted by atomic mass is 16.2. The number of amides is 1. The summed E-state index contributed by atoms with van der Waals surface area (Å²) in [4.78, 5) is 36.9. The maximum absolute atomic E-state index is 12.5. The molecule has 7 heteroatoms. The number of nitrogens with one attached hydrogen (secondary N) is 1. The van der Waals surface area contributed by atoms with Crippen molar-refractivity contribution < 1.29 is 9.59 Å². The quantitative estimate of drug-likeness (QED) is 0.829. The van der Waals surface area contributed by atoms with Crippen LogP contribution in [0.1, 0.15) is 34.7 Å². The summed E-state index contributed by atoms with van der Waals surface area (Å²) >= 11 is 0. The van der Waals surface area contributed by atoms with E-state index in [1.165, 1.54) is 13.3 Å². The summed E-state index contributed by atoms with van der Waals surface area (Å²) in [5, 5.41) is 2.79. The second-order valence-electron chi connectivity index (χ2n) is 6.27. The predicted molar refractivity (Wildman–Crippen MR) is 101 cm³/mol. The van der Waals surface area contributed by atoms with Gasteiger partial charge in [0, 0.05) is 43.5 Å². The van der Waals surface area contributed by atoms with Crippen molar-refractivity contribution in [3.8, 4) is 0 Å². The molecule has 0 radical (unpaired) electrons. The zero-order chi connectivity index (χ0) is 18.5. The first-order chi connectivity index (χ1) is 12.6. The van der Waals surface area contributed by atoms with Crippen LogP contribution in [0.3, 0.4) is 0 Å². The molecular weight excluding hydrogens is 330 g/mol. The molecule has 0 bridgehead atoms. The zero-order valence-corrected chi connectivity index (χ0v) is 15.1. The number of Topliss-reactive ketones (excluding diaryl/α,β-unsaturated/α-hetero) is 1. The van der Waals surface area contributed by atoms with E-state index in [9.17, 15) is 9.59 Å². The molecule has 1 amide bonds. The largest absolute Gasteiger partial charge is 0.354 e. The molecule has 136 valence electrons. The first kappa shape index (κ1) is 18.0. The maximum Gasteiger partial charge on any atom is 0.274 e. The van der Waals surface area contributed by atoms with E-state index in [-0.39, 0.29) is 11.7 Å². The Morgan fingerprint density at radius 3 is 2.58 bits per heavy atom. The Hall–Kier alpha value is -2.80. The van der Waals surface area contributed by atoms with Crippen LogP contribution in [-0.4, -0.2) is 59.3 Å². The Labute approximate surface area is 153 Å². The fourth-order valence-electron chi connectivity index (χ4n) is 2.95. The normalized spacial score (nSPS) is 14.9. The van der Waals surface area contributed by atoms with E-state index >= 15 is 0 Å². The van der Waals surface area contributed by atoms with Crippen molar-refractivity contribution in [3.63, 3.8) is 0 Å². The van der Waals surface area contributed by atoms with Gasteiger partial charge in [0.25, 0.3) is 5.91 Å². The Bertz CT molecular complexity index is 800. The summed E-state index contributed by atoms with van der Waals surface area (Å²) < 4.78 is 0. The van der Waals surface area contributed by atoms with Crippen molar-refractivity contribution in [1.29, 1.82) is 0 Å². The number of rotatable bonds is 5. The van der Waals surface area contributed by atoms with E-state index in [4.69, 9.17) is 0 Å². The molecule has 1 fully saturated rings. The van der Waals surface area contributed by atoms with Gasteiger partial charge in [-0.3, -0.25) is 9.59 Å². The molecule has 2 heterocycles. The van der Waals surface area contributed by atoms with Gasteiger partial charge >= 0.3 is 0 Å². The first-order valence-electron chi connectivity index (χ1n) is 8.78. The molecule has 1 aliphatic rings. The molecule has 0 aliphatic carbocycles. The van der Waals surface area contributed by atoms with Crippen LogP contribution in [0.2, 0.25) is 0 Å². The third-order valence-corrected chi connectivity index (χ3v) is 4.56. The summed E-state index contributed by atoms with van der Waals surface area (Å²) in [5.74, 6) is 0.400. The van der Waals surface area contributed by atoms with Gasteiger partial charge in [-0.2, -0.15) is 0 Å². The summed E-state index contributed by atoms with van der Waals surface area (Å²) in [5.41, 5.74) is 1.43. The van der Waals surface area contributed by atoms with Crippen LogP contribution in [0.15, 0.2) is 36.7 Å². The number of piperazine rings is 1. The highest BCUT2D eigenvalue weighted by Gasteiger charge is 2.18. The smallest absolute Gasteiger partial charge is 0.274 e. The molecule has 7 nitrogen and oxygen atoms in total. The highest BCUT2D eigenvalue weighted by molar-refractivity contribution is 6.04. The van der Waals surface area contributed by atoms with Gasteiger partial charge in [0.15, 0.2) is 5.78 Å². The van der Waals surface area contributed by atoms with E-state index in [0.717, 1.165) is 38.5 Å². The summed E-state index contributed by atoms with van der Waals surface area (Å²) in [6.07, 6.45) is 1.42. The molecule has 0 atom stereocenters. The molecule has 0 saturated carbocycles. The standard InChI is InChI=1S/C19H23N5O2/c1-3-23-7-9-24(10-8-23)18-12-17(20-13-21-18)19(26)22-16-6-4-5-15(11-16)14(2)25/h4-6,11-13H,3,7-10H2,1-2H3,(H,22,26). The number of carbonyl (C=O) groups excluding carboxylic acids is 2. The Balaban J connectivity index is 1.70. The maximum atomic E-state index is 12.5. The second-order valence-corrected chi connectivity index (χ2v) is 6.27. The SMILES string of the molecule is CCN1CCN(c2cc(C(=O)Nc3cccc(C(C)=O)c3)ncn2)CC1. The van der Waals surface area contributed by atoms with E-state index in [1.807, 2.05) is 0 Å². The van der Waals surface area contributed by atoms with E-state index in [1.54, 1.807) is 30.3 Å². The average molecular weight is 353 g/mol. The summed E-state index contributed by atoms with van der Waals surface area (Å²) in [6.45, 7) is 8.43. The molecule has 1 saturated heterocycles. The van der Waals surface area contributed by atoms with Crippen LogP contribution >= 0.6 is 0 Å². The fraction of sp³-hybridized carbons (Fsp3) is 0.368. The molecule has 1 N–H and O–H groups in total. The Kier molecular flexibility index (Phi) is 5.58.